The van der Waals surface area contributed by atoms with Crippen LogP contribution in [0.15, 0.2) is 34.2 Å². The molecule has 21 heavy (non-hydrogen) atoms. The van der Waals surface area contributed by atoms with Crippen molar-refractivity contribution in [1.82, 2.24) is 4.90 Å². The minimum atomic E-state index is 0.796. The second-order valence-corrected chi connectivity index (χ2v) is 8.10. The summed E-state index contributed by atoms with van der Waals surface area (Å²) in [6.45, 7) is 4.22. The highest BCUT2D eigenvalue weighted by Crippen LogP contribution is 2.53. The molecule has 0 saturated heterocycles. The average Bonchev–Trinajstić information content (AvgIpc) is 2.93. The Morgan fingerprint density at radius 3 is 3.00 bits per heavy atom. The highest BCUT2D eigenvalue weighted by Gasteiger charge is 2.40. The molecule has 1 aromatic carbocycles. The van der Waals surface area contributed by atoms with E-state index in [9.17, 15) is 0 Å². The summed E-state index contributed by atoms with van der Waals surface area (Å²) in [5.74, 6) is 0.796. The molecule has 1 saturated carbocycles. The molecular formula is C17H16N2S2. The number of amidine groups is 1. The summed E-state index contributed by atoms with van der Waals surface area (Å²) in [4.78, 5) is 10.1. The van der Waals surface area contributed by atoms with Crippen molar-refractivity contribution >= 4 is 44.0 Å². The van der Waals surface area contributed by atoms with Gasteiger partial charge in [-0.3, -0.25) is 4.99 Å². The molecule has 106 valence electrons. The Kier molecular flexibility index (Phi) is 2.56. The van der Waals surface area contributed by atoms with Crippen molar-refractivity contribution in [3.63, 3.8) is 0 Å². The van der Waals surface area contributed by atoms with E-state index in [0.717, 1.165) is 19.0 Å². The molecule has 1 fully saturated rings. The highest BCUT2D eigenvalue weighted by molar-refractivity contribution is 8.17. The Morgan fingerprint density at radius 2 is 2.19 bits per heavy atom. The fourth-order valence-corrected chi connectivity index (χ4v) is 5.84. The maximum atomic E-state index is 4.67. The van der Waals surface area contributed by atoms with Crippen molar-refractivity contribution in [2.45, 2.75) is 19.8 Å². The fourth-order valence-electron chi connectivity index (χ4n) is 3.20. The van der Waals surface area contributed by atoms with Gasteiger partial charge in [-0.15, -0.1) is 11.3 Å². The molecule has 1 aliphatic carbocycles. The van der Waals surface area contributed by atoms with Crippen LogP contribution in [0.25, 0.3) is 15.8 Å². The van der Waals surface area contributed by atoms with Gasteiger partial charge in [-0.25, -0.2) is 0 Å². The Bertz CT molecular complexity index is 811. The summed E-state index contributed by atoms with van der Waals surface area (Å²) in [7, 11) is 0. The van der Waals surface area contributed by atoms with Gasteiger partial charge in [0.1, 0.15) is 0 Å². The normalized spacial score (nSPS) is 21.4. The van der Waals surface area contributed by atoms with E-state index >= 15 is 0 Å². The first-order chi connectivity index (χ1) is 10.3. The smallest absolute Gasteiger partial charge is 0.168 e. The van der Waals surface area contributed by atoms with E-state index in [0.29, 0.717) is 0 Å². The number of aryl methyl sites for hydroxylation is 1. The Morgan fingerprint density at radius 1 is 1.29 bits per heavy atom. The van der Waals surface area contributed by atoms with Crippen LogP contribution in [0.5, 0.6) is 0 Å². The largest absolute Gasteiger partial charge is 0.317 e. The lowest BCUT2D eigenvalue weighted by Crippen LogP contribution is -2.19. The SMILES string of the molecule is Cc1cccc2sc(C3=C(C4CC4)SC4=NCCN43)cc12. The molecule has 5 rings (SSSR count). The summed E-state index contributed by atoms with van der Waals surface area (Å²) in [5, 5.41) is 2.65. The Balaban J connectivity index is 1.70. The Hall–Kier alpha value is -1.26. The number of thioether (sulfide) groups is 1. The van der Waals surface area contributed by atoms with Crippen molar-refractivity contribution in [3.05, 3.63) is 39.6 Å². The molecular weight excluding hydrogens is 296 g/mol. The highest BCUT2D eigenvalue weighted by atomic mass is 32.2. The summed E-state index contributed by atoms with van der Waals surface area (Å²) < 4.78 is 1.40. The maximum Gasteiger partial charge on any atom is 0.168 e. The lowest BCUT2D eigenvalue weighted by Gasteiger charge is -2.15. The second-order valence-electron chi connectivity index (χ2n) is 6.00. The van der Waals surface area contributed by atoms with Crippen LogP contribution >= 0.6 is 23.1 Å². The predicted molar refractivity (Wildman–Crippen MR) is 92.8 cm³/mol. The number of thiophene rings is 1. The number of rotatable bonds is 2. The third-order valence-corrected chi connectivity index (χ3v) is 6.85. The number of fused-ring (bicyclic) bond motifs is 2. The lowest BCUT2D eigenvalue weighted by atomic mass is 10.1. The van der Waals surface area contributed by atoms with Crippen LogP contribution in [0, 0.1) is 12.8 Å². The van der Waals surface area contributed by atoms with Crippen molar-refractivity contribution in [3.8, 4) is 0 Å². The molecule has 2 aromatic rings. The van der Waals surface area contributed by atoms with Gasteiger partial charge in [-0.2, -0.15) is 0 Å². The van der Waals surface area contributed by atoms with Crippen LogP contribution in [0.2, 0.25) is 0 Å². The van der Waals surface area contributed by atoms with Crippen LogP contribution in [-0.4, -0.2) is 23.2 Å². The van der Waals surface area contributed by atoms with Crippen LogP contribution in [-0.2, 0) is 0 Å². The van der Waals surface area contributed by atoms with Crippen LogP contribution in [0.3, 0.4) is 0 Å². The number of nitrogens with zero attached hydrogens (tertiary/aromatic N) is 2. The second kappa shape index (κ2) is 4.37. The number of hydrogen-bond acceptors (Lipinski definition) is 4. The van der Waals surface area contributed by atoms with E-state index in [1.165, 1.54) is 44.2 Å². The molecule has 0 radical (unpaired) electrons. The zero-order valence-electron chi connectivity index (χ0n) is 11.9. The van der Waals surface area contributed by atoms with Gasteiger partial charge >= 0.3 is 0 Å². The van der Waals surface area contributed by atoms with Crippen molar-refractivity contribution < 1.29 is 0 Å². The van der Waals surface area contributed by atoms with Gasteiger partial charge in [0.05, 0.1) is 17.1 Å². The van der Waals surface area contributed by atoms with Gasteiger partial charge in [0.25, 0.3) is 0 Å². The third kappa shape index (κ3) is 1.82. The minimum absolute atomic E-state index is 0.796. The first-order valence-electron chi connectivity index (χ1n) is 7.55. The van der Waals surface area contributed by atoms with Gasteiger partial charge in [0.15, 0.2) is 5.17 Å². The molecule has 2 aliphatic heterocycles. The van der Waals surface area contributed by atoms with Crippen LogP contribution in [0.4, 0.5) is 0 Å². The average molecular weight is 312 g/mol. The van der Waals surface area contributed by atoms with E-state index in [1.807, 2.05) is 23.1 Å². The summed E-state index contributed by atoms with van der Waals surface area (Å²) >= 11 is 3.87. The number of benzene rings is 1. The maximum absolute atomic E-state index is 4.67. The minimum Gasteiger partial charge on any atom is -0.317 e. The topological polar surface area (TPSA) is 15.6 Å². The summed E-state index contributed by atoms with van der Waals surface area (Å²) in [6.07, 6.45) is 2.72. The van der Waals surface area contributed by atoms with Crippen molar-refractivity contribution in [1.29, 1.82) is 0 Å². The van der Waals surface area contributed by atoms with Gasteiger partial charge in [-0.1, -0.05) is 23.9 Å². The standard InChI is InChI=1S/C17H16N2S2/c1-10-3-2-4-13-12(10)9-14(20-13)15-16(11-5-6-11)21-17-18-7-8-19(15)17/h2-4,9,11H,5-8H2,1H3. The van der Waals surface area contributed by atoms with E-state index in [4.69, 9.17) is 0 Å². The first kappa shape index (κ1) is 12.3. The number of allylic oxidation sites excluding steroid dienone is 1. The lowest BCUT2D eigenvalue weighted by molar-refractivity contribution is 0.647. The van der Waals surface area contributed by atoms with E-state index in [2.05, 4.69) is 41.1 Å². The Labute approximate surface area is 132 Å². The van der Waals surface area contributed by atoms with Crippen molar-refractivity contribution in [2.24, 2.45) is 10.9 Å². The zero-order valence-corrected chi connectivity index (χ0v) is 13.6. The fraction of sp³-hybridized carbons (Fsp3) is 0.353. The van der Waals surface area contributed by atoms with Crippen LogP contribution in [0.1, 0.15) is 23.3 Å². The molecule has 3 heterocycles. The zero-order chi connectivity index (χ0) is 14.0. The molecule has 0 atom stereocenters. The van der Waals surface area contributed by atoms with Gasteiger partial charge in [0.2, 0.25) is 0 Å². The third-order valence-electron chi connectivity index (χ3n) is 4.47. The van der Waals surface area contributed by atoms with E-state index in [1.54, 1.807) is 4.91 Å². The molecule has 0 bridgehead atoms. The van der Waals surface area contributed by atoms with Gasteiger partial charge in [-0.05, 0) is 48.8 Å². The molecule has 4 heteroatoms. The quantitative estimate of drug-likeness (QED) is 0.798. The van der Waals surface area contributed by atoms with Crippen molar-refractivity contribution in [2.75, 3.05) is 13.1 Å². The number of aliphatic imine (C=N–C) groups is 1. The van der Waals surface area contributed by atoms with E-state index < -0.39 is 0 Å². The molecule has 2 nitrogen and oxygen atoms in total. The molecule has 0 unspecified atom stereocenters. The van der Waals surface area contributed by atoms with Gasteiger partial charge < -0.3 is 4.90 Å². The van der Waals surface area contributed by atoms with Crippen LogP contribution < -0.4 is 0 Å². The summed E-state index contributed by atoms with van der Waals surface area (Å²) in [6, 6.07) is 9.02. The number of hydrogen-bond donors (Lipinski definition) is 0. The summed E-state index contributed by atoms with van der Waals surface area (Å²) in [5.41, 5.74) is 2.85. The molecule has 3 aliphatic rings. The molecule has 0 spiro atoms. The molecule has 0 N–H and O–H groups in total. The van der Waals surface area contributed by atoms with E-state index in [-0.39, 0.29) is 0 Å². The monoisotopic (exact) mass is 312 g/mol. The molecule has 1 aromatic heterocycles. The first-order valence-corrected chi connectivity index (χ1v) is 9.18. The molecule has 0 amide bonds. The van der Waals surface area contributed by atoms with Gasteiger partial charge in [0, 0.05) is 16.1 Å². The predicted octanol–water partition coefficient (Wildman–Crippen LogP) is 4.71.